The Hall–Kier alpha value is -2.37. The van der Waals surface area contributed by atoms with Gasteiger partial charge < -0.3 is 9.47 Å². The molecule has 1 N–H and O–H groups in total. The molecule has 0 saturated heterocycles. The molecule has 1 aromatic rings. The number of benzene rings is 1. The Balaban J connectivity index is 1.58. The van der Waals surface area contributed by atoms with Crippen LogP contribution in [0, 0.1) is 17.8 Å². The predicted octanol–water partition coefficient (Wildman–Crippen LogP) is 2.51. The predicted molar refractivity (Wildman–Crippen MR) is 89.0 cm³/mol. The normalized spacial score (nSPS) is 25.0. The molecule has 2 fully saturated rings. The minimum atomic E-state index is -0.409. The average molecular weight is 330 g/mol. The van der Waals surface area contributed by atoms with E-state index in [9.17, 15) is 9.59 Å². The second kappa shape index (κ2) is 7.03. The summed E-state index contributed by atoms with van der Waals surface area (Å²) in [6, 6.07) is 5.08. The third-order valence-electron chi connectivity index (χ3n) is 4.79. The highest BCUT2D eigenvalue weighted by atomic mass is 16.6. The van der Waals surface area contributed by atoms with E-state index in [4.69, 9.17) is 9.47 Å². The van der Waals surface area contributed by atoms with Crippen molar-refractivity contribution >= 4 is 18.1 Å². The lowest BCUT2D eigenvalue weighted by Gasteiger charge is -2.08. The van der Waals surface area contributed by atoms with Crippen molar-refractivity contribution in [2.45, 2.75) is 32.6 Å². The maximum atomic E-state index is 12.2. The lowest BCUT2D eigenvalue weighted by molar-refractivity contribution is -0.132. The fourth-order valence-electron chi connectivity index (χ4n) is 3.63. The molecule has 0 aromatic heterocycles. The molecule has 128 valence electrons. The van der Waals surface area contributed by atoms with Gasteiger partial charge in [0.15, 0.2) is 11.5 Å². The molecule has 3 rings (SSSR count). The first-order chi connectivity index (χ1) is 11.6. The van der Waals surface area contributed by atoms with E-state index < -0.39 is 5.97 Å². The van der Waals surface area contributed by atoms with Gasteiger partial charge in [0.2, 0.25) is 5.91 Å². The zero-order chi connectivity index (χ0) is 17.1. The number of amides is 1. The van der Waals surface area contributed by atoms with Gasteiger partial charge in [-0.3, -0.25) is 9.59 Å². The third-order valence-corrected chi connectivity index (χ3v) is 4.79. The third kappa shape index (κ3) is 3.58. The number of rotatable bonds is 5. The van der Waals surface area contributed by atoms with Gasteiger partial charge in [0.05, 0.1) is 13.3 Å². The molecule has 0 bridgehead atoms. The van der Waals surface area contributed by atoms with Crippen LogP contribution in [-0.2, 0) is 9.59 Å². The standard InChI is InChI=1S/C18H22N2O4/c1-11(21)24-15-8-7-12(9-16(15)23-2)10-19-20-18(22)17-13-5-3-4-6-14(13)17/h7-10,13-14,17H,3-6H2,1-2H3,(H,20,22)/b19-10-/t13-,14+,17?. The van der Waals surface area contributed by atoms with Crippen molar-refractivity contribution in [2.24, 2.45) is 22.9 Å². The molecule has 2 aliphatic carbocycles. The minimum absolute atomic E-state index is 0.0200. The van der Waals surface area contributed by atoms with Crippen LogP contribution in [0.3, 0.4) is 0 Å². The van der Waals surface area contributed by atoms with Crippen LogP contribution >= 0.6 is 0 Å². The molecule has 0 radical (unpaired) electrons. The van der Waals surface area contributed by atoms with Crippen molar-refractivity contribution < 1.29 is 19.1 Å². The molecule has 1 amide bonds. The summed E-state index contributed by atoms with van der Waals surface area (Å²) in [7, 11) is 1.50. The number of hydrogen-bond acceptors (Lipinski definition) is 5. The fraction of sp³-hybridized carbons (Fsp3) is 0.500. The molecule has 1 unspecified atom stereocenters. The molecular weight excluding hydrogens is 308 g/mol. The smallest absolute Gasteiger partial charge is 0.308 e. The minimum Gasteiger partial charge on any atom is -0.493 e. The summed E-state index contributed by atoms with van der Waals surface area (Å²) in [5.41, 5.74) is 3.38. The lowest BCUT2D eigenvalue weighted by Crippen LogP contribution is -2.20. The highest BCUT2D eigenvalue weighted by Gasteiger charge is 2.54. The first kappa shape index (κ1) is 16.5. The van der Waals surface area contributed by atoms with Gasteiger partial charge in [-0.2, -0.15) is 5.10 Å². The van der Waals surface area contributed by atoms with Crippen molar-refractivity contribution in [3.05, 3.63) is 23.8 Å². The summed E-state index contributed by atoms with van der Waals surface area (Å²) >= 11 is 0. The number of nitrogens with zero attached hydrogens (tertiary/aromatic N) is 1. The fourth-order valence-corrected chi connectivity index (χ4v) is 3.63. The monoisotopic (exact) mass is 330 g/mol. The molecular formula is C18H22N2O4. The van der Waals surface area contributed by atoms with Gasteiger partial charge in [-0.25, -0.2) is 5.43 Å². The summed E-state index contributed by atoms with van der Waals surface area (Å²) < 4.78 is 10.3. The Kier molecular flexibility index (Phi) is 4.83. The Labute approximate surface area is 141 Å². The molecule has 0 heterocycles. The first-order valence-corrected chi connectivity index (χ1v) is 8.29. The molecule has 6 heteroatoms. The van der Waals surface area contributed by atoms with Gasteiger partial charge in [-0.1, -0.05) is 12.8 Å². The Bertz CT molecular complexity index is 659. The van der Waals surface area contributed by atoms with Crippen LogP contribution in [0.5, 0.6) is 11.5 Å². The maximum Gasteiger partial charge on any atom is 0.308 e. The van der Waals surface area contributed by atoms with Crippen molar-refractivity contribution in [3.63, 3.8) is 0 Å². The molecule has 1 aromatic carbocycles. The van der Waals surface area contributed by atoms with E-state index in [1.54, 1.807) is 24.4 Å². The molecule has 6 nitrogen and oxygen atoms in total. The van der Waals surface area contributed by atoms with Gasteiger partial charge in [-0.05, 0) is 48.4 Å². The van der Waals surface area contributed by atoms with Crippen LogP contribution in [0.15, 0.2) is 23.3 Å². The van der Waals surface area contributed by atoms with E-state index in [1.165, 1.54) is 39.7 Å². The van der Waals surface area contributed by atoms with E-state index in [2.05, 4.69) is 10.5 Å². The van der Waals surface area contributed by atoms with E-state index in [-0.39, 0.29) is 11.8 Å². The lowest BCUT2D eigenvalue weighted by atomic mass is 10.0. The topological polar surface area (TPSA) is 77.0 Å². The van der Waals surface area contributed by atoms with Crippen molar-refractivity contribution in [3.8, 4) is 11.5 Å². The van der Waals surface area contributed by atoms with Gasteiger partial charge in [0.1, 0.15) is 0 Å². The number of fused-ring (bicyclic) bond motifs is 1. The van der Waals surface area contributed by atoms with Crippen LogP contribution in [0.1, 0.15) is 38.2 Å². The van der Waals surface area contributed by atoms with Gasteiger partial charge in [0, 0.05) is 12.8 Å². The van der Waals surface area contributed by atoms with Crippen LogP contribution in [-0.4, -0.2) is 25.2 Å². The summed E-state index contributed by atoms with van der Waals surface area (Å²) in [5.74, 6) is 1.68. The molecule has 2 saturated carbocycles. The Morgan fingerprint density at radius 3 is 2.54 bits per heavy atom. The largest absolute Gasteiger partial charge is 0.493 e. The number of hydrazone groups is 1. The maximum absolute atomic E-state index is 12.2. The van der Waals surface area contributed by atoms with Gasteiger partial charge in [-0.15, -0.1) is 0 Å². The summed E-state index contributed by atoms with van der Waals surface area (Å²) in [4.78, 5) is 23.2. The highest BCUT2D eigenvalue weighted by Crippen LogP contribution is 2.55. The first-order valence-electron chi connectivity index (χ1n) is 8.29. The molecule has 0 spiro atoms. The number of methoxy groups -OCH3 is 1. The number of nitrogens with one attached hydrogen (secondary N) is 1. The van der Waals surface area contributed by atoms with E-state index in [0.29, 0.717) is 23.3 Å². The number of ether oxygens (including phenoxy) is 2. The van der Waals surface area contributed by atoms with E-state index in [0.717, 1.165) is 5.56 Å². The average Bonchev–Trinajstić information content (AvgIpc) is 3.30. The Morgan fingerprint density at radius 2 is 1.92 bits per heavy atom. The number of carbonyl (C=O) groups is 2. The summed E-state index contributed by atoms with van der Waals surface area (Å²) in [5, 5.41) is 4.04. The quantitative estimate of drug-likeness (QED) is 0.389. The number of esters is 1. The molecule has 0 aliphatic heterocycles. The van der Waals surface area contributed by atoms with E-state index in [1.807, 2.05) is 0 Å². The van der Waals surface area contributed by atoms with Gasteiger partial charge in [0.25, 0.3) is 0 Å². The zero-order valence-corrected chi connectivity index (χ0v) is 14.0. The van der Waals surface area contributed by atoms with Crippen LogP contribution < -0.4 is 14.9 Å². The zero-order valence-electron chi connectivity index (χ0n) is 14.0. The SMILES string of the molecule is COc1cc(/C=N\NC(=O)C2[C@H]3CCCC[C@@H]23)ccc1OC(C)=O. The van der Waals surface area contributed by atoms with Crippen LogP contribution in [0.4, 0.5) is 0 Å². The van der Waals surface area contributed by atoms with Crippen molar-refractivity contribution in [2.75, 3.05) is 7.11 Å². The second-order valence-corrected chi connectivity index (χ2v) is 6.38. The number of carbonyl (C=O) groups excluding carboxylic acids is 2. The van der Waals surface area contributed by atoms with Gasteiger partial charge >= 0.3 is 5.97 Å². The molecule has 3 atom stereocenters. The molecule has 24 heavy (non-hydrogen) atoms. The van der Waals surface area contributed by atoms with Crippen molar-refractivity contribution in [1.29, 1.82) is 0 Å². The highest BCUT2D eigenvalue weighted by molar-refractivity contribution is 5.85. The number of hydrogen-bond donors (Lipinski definition) is 1. The van der Waals surface area contributed by atoms with Crippen LogP contribution in [0.25, 0.3) is 0 Å². The van der Waals surface area contributed by atoms with Crippen LogP contribution in [0.2, 0.25) is 0 Å². The van der Waals surface area contributed by atoms with E-state index >= 15 is 0 Å². The Morgan fingerprint density at radius 1 is 1.21 bits per heavy atom. The summed E-state index contributed by atoms with van der Waals surface area (Å²) in [6.45, 7) is 1.33. The summed E-state index contributed by atoms with van der Waals surface area (Å²) in [6.07, 6.45) is 6.37. The molecule has 2 aliphatic rings. The van der Waals surface area contributed by atoms with Crippen molar-refractivity contribution in [1.82, 2.24) is 5.43 Å². The second-order valence-electron chi connectivity index (χ2n) is 6.38.